The van der Waals surface area contributed by atoms with Crippen molar-refractivity contribution in [3.63, 3.8) is 0 Å². The second-order valence-electron chi connectivity index (χ2n) is 38.5. The van der Waals surface area contributed by atoms with Crippen molar-refractivity contribution in [3.8, 4) is 11.5 Å². The minimum atomic E-state index is -1.80. The number of nitrogens with two attached hydrogens (primary N) is 6. The highest BCUT2D eigenvalue weighted by molar-refractivity contribution is 6.02. The van der Waals surface area contributed by atoms with Gasteiger partial charge in [0, 0.05) is 66.6 Å². The van der Waals surface area contributed by atoms with Crippen molar-refractivity contribution in [2.24, 2.45) is 58.1 Å². The zero-order chi connectivity index (χ0) is 110. The van der Waals surface area contributed by atoms with E-state index in [-0.39, 0.29) is 153 Å². The summed E-state index contributed by atoms with van der Waals surface area (Å²) in [6.45, 7) is 15.8. The lowest BCUT2D eigenvalue weighted by molar-refractivity contribution is -0.142. The van der Waals surface area contributed by atoms with Crippen LogP contribution in [0.5, 0.6) is 11.5 Å². The zero-order valence-corrected chi connectivity index (χ0v) is 86.6. The monoisotopic (exact) mass is 2080 g/mol. The Morgan fingerprint density at radius 3 is 1.03 bits per heavy atom. The molecule has 18 atom stereocenters. The number of guanidine groups is 2. The van der Waals surface area contributed by atoms with E-state index in [0.717, 1.165) is 0 Å². The van der Waals surface area contributed by atoms with Gasteiger partial charge in [0.05, 0.1) is 12.6 Å². The van der Waals surface area contributed by atoms with E-state index in [9.17, 15) is 58.8 Å². The smallest absolute Gasteiger partial charge is 0.326 e. The van der Waals surface area contributed by atoms with E-state index in [4.69, 9.17) is 45.2 Å². The molecule has 0 aliphatic carbocycles. The van der Waals surface area contributed by atoms with Crippen LogP contribution in [0.4, 0.5) is 0 Å². The number of fused-ring (bicyclic) bond motifs is 2. The SMILES string of the molecule is CC[C@H](C)[C@H](NC(=O)[C@H](CCCCN)NC(=O)[C@H](Cc1ccc(O)cc1)NC(=O)[C@@H](NC(=O)[C@@H](NC(=O)[C@@H](N)Cc1ccc(O)cc1)[C@@H](C)CC)C(C)C)C(=O)N[C@@H](CCCNC(=N)N)C(=O)N[C@@H](Cc1c[nH]c2ccccc12)C(=O)N[C@@H](C)C(=O)N[C@@H](Cc1c[nH]c2ccccc12)C(=O)N[C@@H](CCCCN)C(=O)N[C@@H](CCCNC(=N)N)C(=O)N[C@@H](CO)C(=O)N[C@@H](CCCCN)C(=O)N[C@@H](C)C(=O)N[C@@H](CC(C)C)C(=O)O. The van der Waals surface area contributed by atoms with Crippen molar-refractivity contribution in [1.82, 2.24) is 100 Å². The second-order valence-corrected chi connectivity index (χ2v) is 38.5. The molecule has 0 saturated carbocycles. The van der Waals surface area contributed by atoms with Gasteiger partial charge in [0.1, 0.15) is 102 Å². The topological polar surface area (TPSA) is 794 Å². The molecule has 47 nitrogen and oxygen atoms in total. The number of hydrogen-bond acceptors (Lipinski definition) is 25. The van der Waals surface area contributed by atoms with Gasteiger partial charge in [-0.3, -0.25) is 82.7 Å². The van der Waals surface area contributed by atoms with Gasteiger partial charge < -0.3 is 155 Å². The van der Waals surface area contributed by atoms with Crippen molar-refractivity contribution >= 4 is 128 Å². The van der Waals surface area contributed by atoms with E-state index in [1.165, 1.54) is 50.2 Å². The number of aromatic amines is 2. The number of aromatic nitrogens is 2. The number of unbranched alkanes of at least 4 members (excludes halogenated alkanes) is 3. The number of carboxylic acid groups (broad SMARTS) is 1. The van der Waals surface area contributed by atoms with Gasteiger partial charge in [0.2, 0.25) is 88.6 Å². The molecule has 37 N–H and O–H groups in total. The summed E-state index contributed by atoms with van der Waals surface area (Å²) < 4.78 is 0. The Morgan fingerprint density at radius 2 is 0.644 bits per heavy atom. The Balaban J connectivity index is 1.28. The van der Waals surface area contributed by atoms with Crippen LogP contribution in [0.2, 0.25) is 0 Å². The Kier molecular flexibility index (Phi) is 52.2. The number of aliphatic hydroxyl groups excluding tert-OH is 1. The average Bonchev–Trinajstić information content (AvgIpc) is 1.42. The number of hydrogen-bond donors (Lipinski definition) is 31. The molecule has 2 heterocycles. The number of carbonyl (C=O) groups excluding carboxylic acids is 15. The van der Waals surface area contributed by atoms with Crippen LogP contribution in [-0.2, 0) is 102 Å². The van der Waals surface area contributed by atoms with Gasteiger partial charge in [-0.25, -0.2) is 4.79 Å². The van der Waals surface area contributed by atoms with Gasteiger partial charge in [-0.2, -0.15) is 0 Å². The fourth-order valence-electron chi connectivity index (χ4n) is 16.5. The van der Waals surface area contributed by atoms with E-state index in [1.807, 2.05) is 6.92 Å². The molecule has 0 aliphatic rings. The third kappa shape index (κ3) is 41.2. The molecule has 0 bridgehead atoms. The fourth-order valence-corrected chi connectivity index (χ4v) is 16.5. The predicted octanol–water partition coefficient (Wildman–Crippen LogP) is -1.25. The number of aromatic hydroxyl groups is 2. The molecule has 0 aliphatic heterocycles. The van der Waals surface area contributed by atoms with E-state index in [2.05, 4.69) is 100 Å². The molecule has 6 aromatic rings. The number of rotatable bonds is 67. The first-order valence-corrected chi connectivity index (χ1v) is 50.9. The van der Waals surface area contributed by atoms with Crippen molar-refractivity contribution in [2.45, 2.75) is 294 Å². The largest absolute Gasteiger partial charge is 0.508 e. The molecule has 2 aromatic heterocycles. The van der Waals surface area contributed by atoms with Crippen molar-refractivity contribution in [2.75, 3.05) is 39.3 Å². The minimum Gasteiger partial charge on any atom is -0.508 e. The van der Waals surface area contributed by atoms with Crippen LogP contribution in [0.1, 0.15) is 194 Å². The molecule has 15 amide bonds. The molecular formula is C102H157N27O20. The van der Waals surface area contributed by atoms with Gasteiger partial charge in [-0.15, -0.1) is 0 Å². The fraction of sp³-hybridized carbons (Fsp3) is 0.549. The molecule has 0 fully saturated rings. The summed E-state index contributed by atoms with van der Waals surface area (Å²) in [6, 6.07) is 2.73. The molecule has 47 heteroatoms. The van der Waals surface area contributed by atoms with Crippen molar-refractivity contribution in [1.29, 1.82) is 10.8 Å². The van der Waals surface area contributed by atoms with Crippen LogP contribution in [0, 0.1) is 34.5 Å². The Labute approximate surface area is 867 Å². The van der Waals surface area contributed by atoms with Crippen LogP contribution < -0.4 is 125 Å². The Bertz CT molecular complexity index is 5430. The molecule has 6 rings (SSSR count). The van der Waals surface area contributed by atoms with Crippen LogP contribution >= 0.6 is 0 Å². The Hall–Kier alpha value is -14.6. The molecule has 0 saturated heterocycles. The summed E-state index contributed by atoms with van der Waals surface area (Å²) in [5.41, 5.74) is 38.7. The molecule has 0 unspecified atom stereocenters. The number of carboxylic acids is 1. The molecule has 820 valence electrons. The first kappa shape index (κ1) is 123. The van der Waals surface area contributed by atoms with E-state index in [1.54, 1.807) is 122 Å². The third-order valence-corrected chi connectivity index (χ3v) is 25.7. The van der Waals surface area contributed by atoms with E-state index < -0.39 is 228 Å². The normalized spacial score (nSPS) is 15.0. The highest BCUT2D eigenvalue weighted by Crippen LogP contribution is 2.25. The van der Waals surface area contributed by atoms with Gasteiger partial charge in [0.15, 0.2) is 11.9 Å². The quantitative estimate of drug-likeness (QED) is 0.0121. The number of aliphatic carboxylic acids is 1. The van der Waals surface area contributed by atoms with E-state index >= 15 is 38.4 Å². The van der Waals surface area contributed by atoms with Gasteiger partial charge in [0.25, 0.3) is 0 Å². The molecule has 0 spiro atoms. The summed E-state index contributed by atoms with van der Waals surface area (Å²) in [5, 5.41) is 103. The standard InChI is InChI=1S/C102H157N27O20/c1-11-57(7)83(129-92(140)74(31-19-22-44-105)119-94(142)77(49-62-36-40-66(132)41-37-62)124-97(145)82(56(5)6)127-99(147)84(58(8)12-2)128-87(135)69(106)48-61-34-38-65(131)39-35-61)98(146)121-76(33-24-46-112-102(109)110)90(138)123-78(50-63-52-113-70-27-15-13-25-67(63)70)93(141)116-59(9)85(133)122-79(51-64-53-114-71-28-16-14-26-68(64)71)95(143)118-73(30-18-21-43-104)89(137)117-75(32-23-45-111-101(107)108)91(139)126-81(54-130)96(144)120-72(29-17-20-42-103)88(136)115-60(10)86(134)125-80(100(148)149)47-55(3)4/h13-16,25-28,34-41,52-53,55-60,69,72-84,113-114,130-132H,11-12,17-24,29-33,42-51,54,103-106H2,1-10H3,(H,115,136)(H,116,141)(H,117,137)(H,118,143)(H,119,142)(H,120,144)(H,121,146)(H,122,133)(H,123,138)(H,124,145)(H,125,134)(H,126,139)(H,127,147)(H,128,135)(H,129,140)(H,148,149)(H4,107,108,111)(H4,109,110,112)/t57-,58-,59-,60-,69-,72-,73-,74-,75-,76-,77-,78-,79-,80-,81-,82-,83-,84-/m0/s1. The number of para-hydroxylation sites is 2. The summed E-state index contributed by atoms with van der Waals surface area (Å²) in [5.74, 6) is -17.7. The number of benzene rings is 4. The first-order chi connectivity index (χ1) is 70.8. The van der Waals surface area contributed by atoms with Crippen LogP contribution in [0.3, 0.4) is 0 Å². The number of H-pyrrole nitrogens is 2. The summed E-state index contributed by atoms with van der Waals surface area (Å²) in [7, 11) is 0. The van der Waals surface area contributed by atoms with Gasteiger partial charge >= 0.3 is 5.97 Å². The lowest BCUT2D eigenvalue weighted by Gasteiger charge is -2.31. The van der Waals surface area contributed by atoms with Gasteiger partial charge in [-0.1, -0.05) is 129 Å². The number of nitrogens with one attached hydrogen (secondary N) is 21. The number of amides is 15. The van der Waals surface area contributed by atoms with E-state index in [0.29, 0.717) is 69.7 Å². The summed E-state index contributed by atoms with van der Waals surface area (Å²) in [6.07, 6.45) is 4.42. The van der Waals surface area contributed by atoms with Crippen LogP contribution in [0.25, 0.3) is 21.8 Å². The maximum atomic E-state index is 15.4. The van der Waals surface area contributed by atoms with Crippen molar-refractivity contribution in [3.05, 3.63) is 132 Å². The second kappa shape index (κ2) is 63.2. The predicted molar refractivity (Wildman–Crippen MR) is 561 cm³/mol. The zero-order valence-electron chi connectivity index (χ0n) is 86.6. The number of phenols is 2. The molecular weight excluding hydrogens is 1920 g/mol. The first-order valence-electron chi connectivity index (χ1n) is 50.9. The van der Waals surface area contributed by atoms with Crippen LogP contribution in [0.15, 0.2) is 109 Å². The maximum absolute atomic E-state index is 15.4. The summed E-state index contributed by atoms with van der Waals surface area (Å²) in [4.78, 5) is 239. The number of aliphatic hydroxyl groups is 1. The van der Waals surface area contributed by atoms with Gasteiger partial charge in [-0.05, 0) is 212 Å². The number of carbonyl (C=O) groups is 16. The molecule has 4 aromatic carbocycles. The lowest BCUT2D eigenvalue weighted by atomic mass is 9.95. The van der Waals surface area contributed by atoms with Crippen LogP contribution in [-0.4, -0.2) is 273 Å². The summed E-state index contributed by atoms with van der Waals surface area (Å²) >= 11 is 0. The molecule has 149 heavy (non-hydrogen) atoms. The highest BCUT2D eigenvalue weighted by Gasteiger charge is 2.41. The average molecular weight is 2080 g/mol. The number of phenolic OH excluding ortho intramolecular Hbond substituents is 2. The Morgan fingerprint density at radius 1 is 0.342 bits per heavy atom. The maximum Gasteiger partial charge on any atom is 0.326 e. The lowest BCUT2D eigenvalue weighted by Crippen LogP contribution is -2.62. The third-order valence-electron chi connectivity index (χ3n) is 25.7. The highest BCUT2D eigenvalue weighted by atomic mass is 16.4. The van der Waals surface area contributed by atoms with Crippen molar-refractivity contribution < 1.29 is 97.1 Å². The minimum absolute atomic E-state index is 0.00793. The molecule has 0 radical (unpaired) electrons.